The number of aromatic nitrogens is 3. The second-order valence-electron chi connectivity index (χ2n) is 3.29. The van der Waals surface area contributed by atoms with Crippen LogP contribution < -0.4 is 10.1 Å². The van der Waals surface area contributed by atoms with Crippen molar-refractivity contribution in [1.82, 2.24) is 19.9 Å². The lowest BCUT2D eigenvalue weighted by molar-refractivity contribution is 0.310. The topological polar surface area (TPSA) is 52.0 Å². The van der Waals surface area contributed by atoms with Crippen LogP contribution in [0.3, 0.4) is 0 Å². The van der Waals surface area contributed by atoms with Gasteiger partial charge in [0, 0.05) is 19.8 Å². The molecule has 15 heavy (non-hydrogen) atoms. The molecular weight excluding hydrogens is 192 g/mol. The fourth-order valence-corrected chi connectivity index (χ4v) is 1.39. The molecule has 2 heterocycles. The fourth-order valence-electron chi connectivity index (χ4n) is 1.39. The highest BCUT2D eigenvalue weighted by Gasteiger charge is 2.06. The van der Waals surface area contributed by atoms with Gasteiger partial charge in [-0.05, 0) is 13.1 Å². The molecule has 0 amide bonds. The van der Waals surface area contributed by atoms with Gasteiger partial charge in [-0.1, -0.05) is 0 Å². The number of hydrogen-bond donors (Lipinski definition) is 1. The minimum atomic E-state index is 0.596. The highest BCUT2D eigenvalue weighted by atomic mass is 16.5. The molecule has 0 saturated heterocycles. The quantitative estimate of drug-likeness (QED) is 0.743. The van der Waals surface area contributed by atoms with Crippen LogP contribution in [0.4, 0.5) is 0 Å². The van der Waals surface area contributed by atoms with Crippen LogP contribution in [0.25, 0.3) is 11.0 Å². The highest BCUT2D eigenvalue weighted by Crippen LogP contribution is 2.20. The third-order valence-electron chi connectivity index (χ3n) is 2.20. The van der Waals surface area contributed by atoms with E-state index in [0.717, 1.165) is 17.6 Å². The van der Waals surface area contributed by atoms with Gasteiger partial charge in [-0.15, -0.1) is 0 Å². The Labute approximate surface area is 88.1 Å². The number of nitrogens with zero attached hydrogens (tertiary/aromatic N) is 3. The predicted octanol–water partition coefficient (Wildman–Crippen LogP) is 0.566. The standard InChI is InChI=1S/C10H14N4O/c1-11-5-6-15-10-9-8(3-4-12-10)14(2)7-13-9/h3-4,7,11H,5-6H2,1-2H3. The summed E-state index contributed by atoms with van der Waals surface area (Å²) < 4.78 is 7.47. The van der Waals surface area contributed by atoms with E-state index >= 15 is 0 Å². The molecule has 5 heteroatoms. The highest BCUT2D eigenvalue weighted by molar-refractivity contribution is 5.79. The van der Waals surface area contributed by atoms with Gasteiger partial charge < -0.3 is 14.6 Å². The zero-order valence-corrected chi connectivity index (χ0v) is 8.90. The Hall–Kier alpha value is -1.62. The lowest BCUT2D eigenvalue weighted by atomic mass is 10.4. The third kappa shape index (κ3) is 1.92. The minimum Gasteiger partial charge on any atom is -0.475 e. The summed E-state index contributed by atoms with van der Waals surface area (Å²) in [6, 6.07) is 1.92. The van der Waals surface area contributed by atoms with E-state index < -0.39 is 0 Å². The van der Waals surface area contributed by atoms with Crippen molar-refractivity contribution in [3.05, 3.63) is 18.6 Å². The van der Waals surface area contributed by atoms with Gasteiger partial charge >= 0.3 is 0 Å². The summed E-state index contributed by atoms with van der Waals surface area (Å²) in [6.07, 6.45) is 3.50. The Morgan fingerprint density at radius 2 is 2.33 bits per heavy atom. The monoisotopic (exact) mass is 206 g/mol. The predicted molar refractivity (Wildman–Crippen MR) is 57.9 cm³/mol. The van der Waals surface area contributed by atoms with Crippen molar-refractivity contribution in [3.8, 4) is 5.88 Å². The molecule has 0 aromatic carbocycles. The smallest absolute Gasteiger partial charge is 0.242 e. The molecule has 0 spiro atoms. The lowest BCUT2D eigenvalue weighted by Gasteiger charge is -2.04. The molecule has 2 aromatic rings. The summed E-state index contributed by atoms with van der Waals surface area (Å²) in [5.74, 6) is 0.600. The van der Waals surface area contributed by atoms with Gasteiger partial charge in [0.15, 0.2) is 5.52 Å². The number of pyridine rings is 1. The summed E-state index contributed by atoms with van der Waals surface area (Å²) >= 11 is 0. The fraction of sp³-hybridized carbons (Fsp3) is 0.400. The first-order chi connectivity index (χ1) is 7.33. The van der Waals surface area contributed by atoms with E-state index in [2.05, 4.69) is 15.3 Å². The van der Waals surface area contributed by atoms with Crippen LogP contribution in [0.15, 0.2) is 18.6 Å². The van der Waals surface area contributed by atoms with Crippen LogP contribution in [0.1, 0.15) is 0 Å². The van der Waals surface area contributed by atoms with E-state index in [4.69, 9.17) is 4.74 Å². The van der Waals surface area contributed by atoms with E-state index in [0.29, 0.717) is 12.5 Å². The molecule has 0 bridgehead atoms. The van der Waals surface area contributed by atoms with Crippen molar-refractivity contribution >= 4 is 11.0 Å². The normalized spacial score (nSPS) is 10.8. The third-order valence-corrected chi connectivity index (χ3v) is 2.20. The number of rotatable bonds is 4. The first-order valence-electron chi connectivity index (χ1n) is 4.86. The number of hydrogen-bond acceptors (Lipinski definition) is 4. The summed E-state index contributed by atoms with van der Waals surface area (Å²) in [6.45, 7) is 1.39. The van der Waals surface area contributed by atoms with E-state index in [9.17, 15) is 0 Å². The molecule has 0 saturated carbocycles. The molecule has 1 N–H and O–H groups in total. The van der Waals surface area contributed by atoms with E-state index in [1.165, 1.54) is 0 Å². The number of fused-ring (bicyclic) bond motifs is 1. The zero-order valence-electron chi connectivity index (χ0n) is 8.90. The molecule has 0 aliphatic carbocycles. The van der Waals surface area contributed by atoms with Crippen molar-refractivity contribution in [2.75, 3.05) is 20.2 Å². The molecular formula is C10H14N4O. The summed E-state index contributed by atoms with van der Waals surface area (Å²) in [5, 5.41) is 3.01. The zero-order chi connectivity index (χ0) is 10.7. The van der Waals surface area contributed by atoms with Gasteiger partial charge in [-0.2, -0.15) is 0 Å². The van der Waals surface area contributed by atoms with Crippen LogP contribution in [0.2, 0.25) is 0 Å². The number of ether oxygens (including phenoxy) is 1. The SMILES string of the molecule is CNCCOc1nccc2c1ncn2C. The van der Waals surface area contributed by atoms with Gasteiger partial charge in [0.1, 0.15) is 6.61 Å². The second-order valence-corrected chi connectivity index (χ2v) is 3.29. The van der Waals surface area contributed by atoms with Crippen LogP contribution >= 0.6 is 0 Å². The maximum Gasteiger partial charge on any atom is 0.242 e. The van der Waals surface area contributed by atoms with Gasteiger partial charge in [0.25, 0.3) is 0 Å². The van der Waals surface area contributed by atoms with Crippen LogP contribution in [-0.2, 0) is 7.05 Å². The molecule has 80 valence electrons. The largest absolute Gasteiger partial charge is 0.475 e. The van der Waals surface area contributed by atoms with Crippen molar-refractivity contribution in [2.45, 2.75) is 0 Å². The van der Waals surface area contributed by atoms with E-state index in [1.807, 2.05) is 24.7 Å². The van der Waals surface area contributed by atoms with Gasteiger partial charge in [0.2, 0.25) is 5.88 Å². The maximum absolute atomic E-state index is 5.52. The summed E-state index contributed by atoms with van der Waals surface area (Å²) in [5.41, 5.74) is 1.85. The second kappa shape index (κ2) is 4.27. The van der Waals surface area contributed by atoms with Gasteiger partial charge in [-0.25, -0.2) is 9.97 Å². The first-order valence-corrected chi connectivity index (χ1v) is 4.86. The summed E-state index contributed by atoms with van der Waals surface area (Å²) in [4.78, 5) is 8.42. The molecule has 0 radical (unpaired) electrons. The van der Waals surface area contributed by atoms with Crippen LogP contribution in [-0.4, -0.2) is 34.7 Å². The Morgan fingerprint density at radius 1 is 1.47 bits per heavy atom. The van der Waals surface area contributed by atoms with E-state index in [1.54, 1.807) is 12.5 Å². The summed E-state index contributed by atoms with van der Waals surface area (Å²) in [7, 11) is 3.84. The molecule has 0 unspecified atom stereocenters. The number of imidazole rings is 1. The molecule has 2 rings (SSSR count). The Morgan fingerprint density at radius 3 is 3.13 bits per heavy atom. The van der Waals surface area contributed by atoms with Gasteiger partial charge in [0.05, 0.1) is 11.8 Å². The molecule has 5 nitrogen and oxygen atoms in total. The van der Waals surface area contributed by atoms with Crippen molar-refractivity contribution in [2.24, 2.45) is 7.05 Å². The van der Waals surface area contributed by atoms with Crippen molar-refractivity contribution < 1.29 is 4.74 Å². The van der Waals surface area contributed by atoms with Crippen LogP contribution in [0, 0.1) is 0 Å². The van der Waals surface area contributed by atoms with E-state index in [-0.39, 0.29) is 0 Å². The van der Waals surface area contributed by atoms with Gasteiger partial charge in [-0.3, -0.25) is 0 Å². The molecule has 0 atom stereocenters. The number of nitrogens with one attached hydrogen (secondary N) is 1. The Balaban J connectivity index is 2.26. The molecule has 0 fully saturated rings. The molecule has 0 aliphatic heterocycles. The molecule has 0 aliphatic rings. The van der Waals surface area contributed by atoms with Crippen molar-refractivity contribution in [3.63, 3.8) is 0 Å². The number of likely N-dealkylation sites (N-methyl/N-ethyl adjacent to an activating group) is 1. The lowest BCUT2D eigenvalue weighted by Crippen LogP contribution is -2.16. The maximum atomic E-state index is 5.52. The Bertz CT molecular complexity index is 452. The average Bonchev–Trinajstić information content (AvgIpc) is 2.62. The average molecular weight is 206 g/mol. The minimum absolute atomic E-state index is 0.596. The first kappa shape index (κ1) is 9.92. The molecule has 2 aromatic heterocycles. The Kier molecular flexibility index (Phi) is 2.82. The number of aryl methyl sites for hydroxylation is 1. The van der Waals surface area contributed by atoms with Crippen LogP contribution in [0.5, 0.6) is 5.88 Å². The van der Waals surface area contributed by atoms with Crippen molar-refractivity contribution in [1.29, 1.82) is 0 Å².